The number of benzene rings is 1. The van der Waals surface area contributed by atoms with Crippen LogP contribution in [-0.2, 0) is 11.3 Å². The van der Waals surface area contributed by atoms with Crippen LogP contribution in [0.4, 0.5) is 15.1 Å². The van der Waals surface area contributed by atoms with Gasteiger partial charge >= 0.3 is 6.09 Å². The minimum atomic E-state index is -0.619. The van der Waals surface area contributed by atoms with Crippen molar-refractivity contribution in [2.45, 2.75) is 39.2 Å². The number of aromatic nitrogens is 4. The number of amides is 1. The van der Waals surface area contributed by atoms with E-state index in [1.807, 2.05) is 30.5 Å². The van der Waals surface area contributed by atoms with E-state index in [0.29, 0.717) is 16.6 Å². The lowest BCUT2D eigenvalue weighted by molar-refractivity contribution is 0.167. The molecule has 9 heteroatoms. The molecule has 186 valence electrons. The van der Waals surface area contributed by atoms with E-state index in [1.165, 1.54) is 31.7 Å². The van der Waals surface area contributed by atoms with E-state index in [-0.39, 0.29) is 18.2 Å². The first kappa shape index (κ1) is 23.9. The van der Waals surface area contributed by atoms with Crippen LogP contribution < -0.4 is 5.32 Å². The molecule has 1 saturated heterocycles. The molecule has 1 fully saturated rings. The third-order valence-corrected chi connectivity index (χ3v) is 6.34. The van der Waals surface area contributed by atoms with Gasteiger partial charge in [-0.15, -0.1) is 0 Å². The first-order valence-electron chi connectivity index (χ1n) is 12.4. The molecule has 1 amide bonds. The number of anilines is 1. The minimum Gasteiger partial charge on any atom is -0.450 e. The second kappa shape index (κ2) is 10.8. The highest BCUT2D eigenvalue weighted by Gasteiger charge is 2.18. The molecule has 0 bridgehead atoms. The number of ether oxygens (including phenoxy) is 1. The molecule has 3 aromatic heterocycles. The zero-order valence-corrected chi connectivity index (χ0v) is 20.3. The summed E-state index contributed by atoms with van der Waals surface area (Å²) in [5, 5.41) is 2.58. The van der Waals surface area contributed by atoms with Gasteiger partial charge in [-0.2, -0.15) is 0 Å². The number of imidazole rings is 1. The number of likely N-dealkylation sites (tertiary alicyclic amines) is 1. The summed E-state index contributed by atoms with van der Waals surface area (Å²) in [6.07, 6.45) is 7.85. The Kier molecular flexibility index (Phi) is 7.18. The number of nitrogens with one attached hydrogen (secondary N) is 2. The number of H-pyrrole nitrogens is 1. The summed E-state index contributed by atoms with van der Waals surface area (Å²) in [5.41, 5.74) is 4.58. The molecule has 0 radical (unpaired) electrons. The number of nitrogens with zero attached hydrogens (tertiary/aromatic N) is 4. The molecule has 1 aliphatic rings. The summed E-state index contributed by atoms with van der Waals surface area (Å²) >= 11 is 0. The van der Waals surface area contributed by atoms with Crippen LogP contribution in [0.5, 0.6) is 0 Å². The van der Waals surface area contributed by atoms with Gasteiger partial charge in [0.15, 0.2) is 0 Å². The quantitative estimate of drug-likeness (QED) is 0.358. The predicted molar refractivity (Wildman–Crippen MR) is 137 cm³/mol. The SMILES string of the molecule is CCOC(=O)Nc1nc2c(-c3ncccc3F)cc(-c3ccc(CN4CCCCCC4)nc3)cc2[nH]1. The Labute approximate surface area is 208 Å². The van der Waals surface area contributed by atoms with Crippen molar-refractivity contribution in [3.63, 3.8) is 0 Å². The summed E-state index contributed by atoms with van der Waals surface area (Å²) in [7, 11) is 0. The maximum atomic E-state index is 14.8. The molecule has 0 saturated carbocycles. The summed E-state index contributed by atoms with van der Waals surface area (Å²) < 4.78 is 19.7. The Bertz CT molecular complexity index is 1350. The zero-order chi connectivity index (χ0) is 24.9. The van der Waals surface area contributed by atoms with Gasteiger partial charge in [-0.05, 0) is 68.8 Å². The number of hydrogen-bond donors (Lipinski definition) is 2. The third kappa shape index (κ3) is 5.36. The monoisotopic (exact) mass is 488 g/mol. The van der Waals surface area contributed by atoms with Gasteiger partial charge in [-0.3, -0.25) is 20.2 Å². The Hall–Kier alpha value is -3.85. The van der Waals surface area contributed by atoms with E-state index in [4.69, 9.17) is 9.72 Å². The van der Waals surface area contributed by atoms with Crippen molar-refractivity contribution in [1.29, 1.82) is 0 Å². The summed E-state index contributed by atoms with van der Waals surface area (Å²) in [5.74, 6) is -0.242. The molecule has 1 aromatic carbocycles. The van der Waals surface area contributed by atoms with Crippen LogP contribution in [0, 0.1) is 5.82 Å². The zero-order valence-electron chi connectivity index (χ0n) is 20.3. The van der Waals surface area contributed by atoms with Gasteiger partial charge in [-0.25, -0.2) is 14.2 Å². The Balaban J connectivity index is 1.49. The van der Waals surface area contributed by atoms with Crippen LogP contribution in [0.25, 0.3) is 33.4 Å². The molecule has 0 spiro atoms. The van der Waals surface area contributed by atoms with Crippen molar-refractivity contribution in [2.24, 2.45) is 0 Å². The molecule has 8 nitrogen and oxygen atoms in total. The van der Waals surface area contributed by atoms with Gasteiger partial charge in [-0.1, -0.05) is 18.9 Å². The highest BCUT2D eigenvalue weighted by molar-refractivity contribution is 5.97. The average Bonchev–Trinajstić information content (AvgIpc) is 3.10. The first-order chi connectivity index (χ1) is 17.6. The van der Waals surface area contributed by atoms with Gasteiger partial charge < -0.3 is 9.72 Å². The topological polar surface area (TPSA) is 96.0 Å². The standard InChI is InChI=1S/C27H29FN6O2/c1-2-36-27(35)33-26-31-23-15-19(14-21(25(23)32-26)24-22(28)8-7-11-29-24)18-9-10-20(30-16-18)17-34-12-5-3-4-6-13-34/h7-11,14-16H,2-6,12-13,17H2,1H3,(H2,31,32,33,35). The summed E-state index contributed by atoms with van der Waals surface area (Å²) in [6.45, 7) is 5.02. The van der Waals surface area contributed by atoms with Crippen molar-refractivity contribution >= 4 is 23.1 Å². The van der Waals surface area contributed by atoms with E-state index in [1.54, 1.807) is 19.2 Å². The fourth-order valence-electron chi connectivity index (χ4n) is 4.58. The number of pyridine rings is 2. The number of rotatable bonds is 6. The highest BCUT2D eigenvalue weighted by atomic mass is 19.1. The van der Waals surface area contributed by atoms with Crippen LogP contribution in [0.3, 0.4) is 0 Å². The second-order valence-electron chi connectivity index (χ2n) is 8.91. The maximum Gasteiger partial charge on any atom is 0.413 e. The number of fused-ring (bicyclic) bond motifs is 1. The second-order valence-corrected chi connectivity index (χ2v) is 8.91. The molecule has 5 rings (SSSR count). The number of carbonyl (C=O) groups excluding carboxylic acids is 1. The van der Waals surface area contributed by atoms with Crippen molar-refractivity contribution < 1.29 is 13.9 Å². The Morgan fingerprint density at radius 1 is 1.11 bits per heavy atom. The lowest BCUT2D eigenvalue weighted by atomic mass is 10.0. The van der Waals surface area contributed by atoms with Crippen molar-refractivity contribution in [2.75, 3.05) is 25.0 Å². The van der Waals surface area contributed by atoms with Crippen LogP contribution >= 0.6 is 0 Å². The number of carbonyl (C=O) groups is 1. The van der Waals surface area contributed by atoms with Gasteiger partial charge in [0, 0.05) is 30.1 Å². The smallest absolute Gasteiger partial charge is 0.413 e. The van der Waals surface area contributed by atoms with Crippen LogP contribution in [0.1, 0.15) is 38.3 Å². The minimum absolute atomic E-state index is 0.185. The van der Waals surface area contributed by atoms with Crippen molar-refractivity contribution in [3.05, 3.63) is 60.3 Å². The van der Waals surface area contributed by atoms with Crippen LogP contribution in [0.2, 0.25) is 0 Å². The van der Waals surface area contributed by atoms with Gasteiger partial charge in [0.2, 0.25) is 5.95 Å². The van der Waals surface area contributed by atoms with Gasteiger partial charge in [0.1, 0.15) is 17.0 Å². The number of halogens is 1. The first-order valence-corrected chi connectivity index (χ1v) is 12.4. The molecule has 1 aliphatic heterocycles. The summed E-state index contributed by atoms with van der Waals surface area (Å²) in [6, 6.07) is 10.8. The van der Waals surface area contributed by atoms with E-state index in [9.17, 15) is 9.18 Å². The predicted octanol–water partition coefficient (Wildman–Crippen LogP) is 5.77. The normalized spacial score (nSPS) is 14.5. The van der Waals surface area contributed by atoms with Crippen molar-refractivity contribution in [1.82, 2.24) is 24.8 Å². The molecule has 4 heterocycles. The average molecular weight is 489 g/mol. The van der Waals surface area contributed by atoms with E-state index < -0.39 is 11.9 Å². The van der Waals surface area contributed by atoms with E-state index in [0.717, 1.165) is 36.5 Å². The van der Waals surface area contributed by atoms with Gasteiger partial charge in [0.05, 0.1) is 17.8 Å². The lowest BCUT2D eigenvalue weighted by Crippen LogP contribution is -2.24. The summed E-state index contributed by atoms with van der Waals surface area (Å²) in [4.78, 5) is 30.9. The van der Waals surface area contributed by atoms with Gasteiger partial charge in [0.25, 0.3) is 0 Å². The fourth-order valence-corrected chi connectivity index (χ4v) is 4.58. The van der Waals surface area contributed by atoms with E-state index >= 15 is 0 Å². The Morgan fingerprint density at radius 2 is 1.94 bits per heavy atom. The maximum absolute atomic E-state index is 14.8. The molecule has 2 N–H and O–H groups in total. The highest BCUT2D eigenvalue weighted by Crippen LogP contribution is 2.34. The van der Waals surface area contributed by atoms with Crippen molar-refractivity contribution in [3.8, 4) is 22.4 Å². The van der Waals surface area contributed by atoms with E-state index in [2.05, 4.69) is 25.2 Å². The third-order valence-electron chi connectivity index (χ3n) is 6.34. The van der Waals surface area contributed by atoms with Crippen LogP contribution in [0.15, 0.2) is 48.8 Å². The Morgan fingerprint density at radius 3 is 2.67 bits per heavy atom. The molecule has 0 aliphatic carbocycles. The molecular weight excluding hydrogens is 459 g/mol. The molecule has 0 atom stereocenters. The largest absolute Gasteiger partial charge is 0.450 e. The molecule has 0 unspecified atom stereocenters. The molecular formula is C27H29FN6O2. The fraction of sp³-hybridized carbons (Fsp3) is 0.333. The molecule has 36 heavy (non-hydrogen) atoms. The number of aromatic amines is 1. The number of hydrogen-bond acceptors (Lipinski definition) is 6. The molecule has 4 aromatic rings. The van der Waals surface area contributed by atoms with Crippen LogP contribution in [-0.4, -0.2) is 50.6 Å². The lowest BCUT2D eigenvalue weighted by Gasteiger charge is -2.19.